The van der Waals surface area contributed by atoms with Gasteiger partial charge in [0, 0.05) is 55.0 Å². The second-order valence-electron chi connectivity index (χ2n) is 9.75. The van der Waals surface area contributed by atoms with Gasteiger partial charge in [-0.25, -0.2) is 4.98 Å². The largest absolute Gasteiger partial charge is 0.493 e. The Morgan fingerprint density at radius 3 is 2.90 bits per heavy atom. The third kappa shape index (κ3) is 4.52. The summed E-state index contributed by atoms with van der Waals surface area (Å²) in [5.41, 5.74) is 5.91. The predicted octanol–water partition coefficient (Wildman–Crippen LogP) is 3.33. The van der Waals surface area contributed by atoms with Gasteiger partial charge in [0.25, 0.3) is 11.8 Å². The van der Waals surface area contributed by atoms with Crippen LogP contribution in [0.1, 0.15) is 38.3 Å². The molecule has 4 aromatic rings. The first-order valence-corrected chi connectivity index (χ1v) is 12.9. The second-order valence-corrected chi connectivity index (χ2v) is 9.75. The van der Waals surface area contributed by atoms with Crippen molar-refractivity contribution in [2.75, 3.05) is 20.3 Å². The summed E-state index contributed by atoms with van der Waals surface area (Å²) >= 11 is 0. The Labute approximate surface area is 230 Å². The number of amides is 2. The lowest BCUT2D eigenvalue weighted by Gasteiger charge is -2.30. The number of carbonyl (C=O) groups is 2. The molecule has 0 atom stereocenters. The summed E-state index contributed by atoms with van der Waals surface area (Å²) in [7, 11) is 1.54. The summed E-state index contributed by atoms with van der Waals surface area (Å²) in [4.78, 5) is 37.1. The molecular formula is C30H26N6O4. The molecule has 0 spiro atoms. The average molecular weight is 535 g/mol. The van der Waals surface area contributed by atoms with Crippen LogP contribution in [0.25, 0.3) is 17.1 Å². The number of hydrogen-bond donors (Lipinski definition) is 1. The number of pyridine rings is 1. The van der Waals surface area contributed by atoms with Crippen molar-refractivity contribution in [3.05, 3.63) is 88.5 Å². The number of aromatic nitrogens is 3. The van der Waals surface area contributed by atoms with Crippen molar-refractivity contribution in [2.45, 2.75) is 26.4 Å². The van der Waals surface area contributed by atoms with E-state index in [-0.39, 0.29) is 25.0 Å². The van der Waals surface area contributed by atoms with Crippen LogP contribution in [0, 0.1) is 18.3 Å². The Morgan fingerprint density at radius 2 is 2.08 bits per heavy atom. The quantitative estimate of drug-likeness (QED) is 0.419. The number of carbonyl (C=O) groups excluding carboxylic acids is 2. The molecule has 10 nitrogen and oxygen atoms in total. The van der Waals surface area contributed by atoms with Gasteiger partial charge in [-0.15, -0.1) is 0 Å². The predicted molar refractivity (Wildman–Crippen MR) is 145 cm³/mol. The van der Waals surface area contributed by atoms with E-state index < -0.39 is 0 Å². The summed E-state index contributed by atoms with van der Waals surface area (Å²) in [6.45, 7) is 2.71. The van der Waals surface area contributed by atoms with E-state index in [2.05, 4.69) is 21.4 Å². The van der Waals surface area contributed by atoms with Crippen molar-refractivity contribution in [1.29, 1.82) is 5.26 Å². The molecular weight excluding hydrogens is 508 g/mol. The standard InChI is InChI=1S/C30H26N6O4/c1-18-25(13-31)24-5-7-35(16-22(24)15-33-18)30(38)21-9-19-10-23(11-21)36-8-6-32-29(36)20-3-4-26(39-2)27(12-20)40-17-28(37)34-14-19/h3-4,6,8-12,15H,5,7,14,16-17H2,1-2H3,(H,34,37). The van der Waals surface area contributed by atoms with Crippen LogP contribution < -0.4 is 14.8 Å². The first kappa shape index (κ1) is 25.1. The van der Waals surface area contributed by atoms with E-state index in [1.807, 2.05) is 35.9 Å². The minimum atomic E-state index is -0.300. The Kier molecular flexibility index (Phi) is 6.40. The summed E-state index contributed by atoms with van der Waals surface area (Å²) in [5, 5.41) is 12.5. The number of nitrogens with zero attached hydrogens (tertiary/aromatic N) is 5. The van der Waals surface area contributed by atoms with E-state index in [4.69, 9.17) is 9.47 Å². The molecule has 0 saturated carbocycles. The van der Waals surface area contributed by atoms with Crippen LogP contribution >= 0.6 is 0 Å². The fourth-order valence-corrected chi connectivity index (χ4v) is 5.24. The van der Waals surface area contributed by atoms with Crippen LogP contribution in [0.2, 0.25) is 0 Å². The number of imidazole rings is 1. The van der Waals surface area contributed by atoms with Gasteiger partial charge in [0.1, 0.15) is 11.9 Å². The number of benzene rings is 2. The molecule has 2 aliphatic heterocycles. The molecule has 40 heavy (non-hydrogen) atoms. The van der Waals surface area contributed by atoms with Crippen molar-refractivity contribution >= 4 is 11.8 Å². The Balaban J connectivity index is 1.40. The highest BCUT2D eigenvalue weighted by molar-refractivity contribution is 5.95. The average Bonchev–Trinajstić information content (AvgIpc) is 3.48. The van der Waals surface area contributed by atoms with E-state index in [1.165, 1.54) is 0 Å². The van der Waals surface area contributed by atoms with Gasteiger partial charge in [0.15, 0.2) is 18.1 Å². The van der Waals surface area contributed by atoms with Gasteiger partial charge in [0.2, 0.25) is 0 Å². The zero-order valence-corrected chi connectivity index (χ0v) is 22.1. The minimum absolute atomic E-state index is 0.139. The van der Waals surface area contributed by atoms with Gasteiger partial charge < -0.3 is 19.7 Å². The first-order chi connectivity index (χ1) is 19.4. The highest BCUT2D eigenvalue weighted by atomic mass is 16.5. The normalized spacial score (nSPS) is 14.2. The van der Waals surface area contributed by atoms with Gasteiger partial charge in [0.05, 0.1) is 18.4 Å². The fourth-order valence-electron chi connectivity index (χ4n) is 5.24. The van der Waals surface area contributed by atoms with Crippen molar-refractivity contribution in [3.8, 4) is 34.6 Å². The van der Waals surface area contributed by atoms with Gasteiger partial charge in [-0.3, -0.25) is 19.1 Å². The van der Waals surface area contributed by atoms with E-state index in [0.717, 1.165) is 27.9 Å². The maximum Gasteiger partial charge on any atom is 0.258 e. The lowest BCUT2D eigenvalue weighted by atomic mass is 9.95. The molecule has 200 valence electrons. The molecule has 2 aliphatic rings. The number of nitrogens with one attached hydrogen (secondary N) is 1. The maximum absolute atomic E-state index is 13.8. The molecule has 0 fully saturated rings. The van der Waals surface area contributed by atoms with Crippen molar-refractivity contribution in [2.24, 2.45) is 0 Å². The third-order valence-corrected chi connectivity index (χ3v) is 7.27. The number of ether oxygens (including phenoxy) is 2. The first-order valence-electron chi connectivity index (χ1n) is 12.9. The molecule has 0 radical (unpaired) electrons. The maximum atomic E-state index is 13.8. The molecule has 0 unspecified atom stereocenters. The molecule has 0 saturated heterocycles. The van der Waals surface area contributed by atoms with Crippen LogP contribution in [0.5, 0.6) is 11.5 Å². The topological polar surface area (TPSA) is 122 Å². The molecule has 10 heteroatoms. The zero-order chi connectivity index (χ0) is 27.8. The lowest BCUT2D eigenvalue weighted by molar-refractivity contribution is -0.123. The van der Waals surface area contributed by atoms with Crippen LogP contribution in [-0.4, -0.2) is 51.5 Å². The van der Waals surface area contributed by atoms with E-state index in [1.54, 1.807) is 42.6 Å². The monoisotopic (exact) mass is 534 g/mol. The second kappa shape index (κ2) is 10.2. The summed E-state index contributed by atoms with van der Waals surface area (Å²) < 4.78 is 13.1. The molecule has 2 aromatic carbocycles. The SMILES string of the molecule is COc1ccc2cc1OCC(=O)NCc1cc(C(=O)N3CCc4c(cnc(C)c4C#N)C3)cc(c1)-n1ccnc1-2. The number of hydrogen-bond acceptors (Lipinski definition) is 7. The van der Waals surface area contributed by atoms with Gasteiger partial charge in [-0.1, -0.05) is 0 Å². The molecule has 0 aliphatic carbocycles. The van der Waals surface area contributed by atoms with E-state index in [9.17, 15) is 14.9 Å². The Morgan fingerprint density at radius 1 is 1.20 bits per heavy atom. The number of methoxy groups -OCH3 is 1. The van der Waals surface area contributed by atoms with Crippen LogP contribution in [-0.2, 0) is 24.3 Å². The lowest BCUT2D eigenvalue weighted by Crippen LogP contribution is -2.36. The molecule has 4 heterocycles. The molecule has 1 N–H and O–H groups in total. The molecule has 2 amide bonds. The van der Waals surface area contributed by atoms with Crippen molar-refractivity contribution < 1.29 is 19.1 Å². The number of aryl methyl sites for hydroxylation is 1. The van der Waals surface area contributed by atoms with E-state index in [0.29, 0.717) is 53.7 Å². The van der Waals surface area contributed by atoms with Crippen molar-refractivity contribution in [3.63, 3.8) is 0 Å². The third-order valence-electron chi connectivity index (χ3n) is 7.27. The highest BCUT2D eigenvalue weighted by Gasteiger charge is 2.26. The van der Waals surface area contributed by atoms with Gasteiger partial charge in [-0.2, -0.15) is 5.26 Å². The number of fused-ring (bicyclic) bond motifs is 8. The van der Waals surface area contributed by atoms with Crippen LogP contribution in [0.3, 0.4) is 0 Å². The van der Waals surface area contributed by atoms with Crippen molar-refractivity contribution in [1.82, 2.24) is 24.8 Å². The van der Waals surface area contributed by atoms with Gasteiger partial charge >= 0.3 is 0 Å². The van der Waals surface area contributed by atoms with Gasteiger partial charge in [-0.05, 0) is 66.4 Å². The summed E-state index contributed by atoms with van der Waals surface area (Å²) in [6, 6.07) is 13.3. The van der Waals surface area contributed by atoms with Crippen LogP contribution in [0.15, 0.2) is 55.0 Å². The van der Waals surface area contributed by atoms with Crippen LogP contribution in [0.4, 0.5) is 0 Å². The zero-order valence-electron chi connectivity index (χ0n) is 22.1. The molecule has 2 aromatic heterocycles. The molecule has 4 bridgehead atoms. The Hall–Kier alpha value is -5.17. The van der Waals surface area contributed by atoms with E-state index >= 15 is 0 Å². The smallest absolute Gasteiger partial charge is 0.258 e. The number of rotatable bonds is 2. The summed E-state index contributed by atoms with van der Waals surface area (Å²) in [5.74, 6) is 1.15. The number of nitriles is 1. The summed E-state index contributed by atoms with van der Waals surface area (Å²) in [6.07, 6.45) is 5.87. The minimum Gasteiger partial charge on any atom is -0.493 e. The Bertz CT molecular complexity index is 1700. The fraction of sp³-hybridized carbons (Fsp3) is 0.233. The highest BCUT2D eigenvalue weighted by Crippen LogP contribution is 2.33. The molecule has 6 rings (SSSR count).